The van der Waals surface area contributed by atoms with Crippen LogP contribution in [-0.4, -0.2) is 54.4 Å². The first-order valence-electron chi connectivity index (χ1n) is 11.7. The van der Waals surface area contributed by atoms with Gasteiger partial charge in [0.2, 0.25) is 0 Å². The number of fused-ring (bicyclic) bond motifs is 3. The van der Waals surface area contributed by atoms with Crippen molar-refractivity contribution in [3.8, 4) is 0 Å². The van der Waals surface area contributed by atoms with Crippen molar-refractivity contribution in [1.82, 2.24) is 14.8 Å². The first-order chi connectivity index (χ1) is 16.1. The van der Waals surface area contributed by atoms with Crippen LogP contribution in [0.3, 0.4) is 0 Å². The molecule has 0 spiro atoms. The first kappa shape index (κ1) is 26.1. The van der Waals surface area contributed by atoms with Crippen molar-refractivity contribution in [3.63, 3.8) is 0 Å². The molecular weight excluding hydrogens is 450 g/mol. The lowest BCUT2D eigenvalue weighted by Gasteiger charge is -2.19. The van der Waals surface area contributed by atoms with Crippen LogP contribution in [0, 0.1) is 5.41 Å². The molecule has 3 rings (SSSR count). The zero-order valence-corrected chi connectivity index (χ0v) is 21.8. The number of benzene rings is 1. The number of carbonyl (C=O) groups excluding carboxylic acids is 2. The number of pyridine rings is 1. The fourth-order valence-corrected chi connectivity index (χ4v) is 5.23. The summed E-state index contributed by atoms with van der Waals surface area (Å²) in [6.07, 6.45) is 0. The summed E-state index contributed by atoms with van der Waals surface area (Å²) in [5, 5.41) is 4.31. The summed E-state index contributed by atoms with van der Waals surface area (Å²) in [5.74, 6) is -0.238. The predicted octanol–water partition coefficient (Wildman–Crippen LogP) is 4.05. The third-order valence-corrected chi connectivity index (χ3v) is 7.41. The monoisotopic (exact) mass is 485 g/mol. The van der Waals surface area contributed by atoms with E-state index in [1.165, 1.54) is 11.3 Å². The van der Waals surface area contributed by atoms with E-state index in [4.69, 9.17) is 4.74 Å². The van der Waals surface area contributed by atoms with E-state index < -0.39 is 5.41 Å². The van der Waals surface area contributed by atoms with Crippen LogP contribution in [0.1, 0.15) is 49.9 Å². The molecule has 0 bridgehead atoms. The van der Waals surface area contributed by atoms with Gasteiger partial charge < -0.3 is 19.5 Å². The number of hydrogen-bond donors (Lipinski definition) is 1. The molecule has 1 aromatic carbocycles. The number of aromatic nitrogens is 1. The Morgan fingerprint density at radius 1 is 1.15 bits per heavy atom. The predicted molar refractivity (Wildman–Crippen MR) is 139 cm³/mol. The molecule has 0 saturated carbocycles. The van der Waals surface area contributed by atoms with E-state index in [9.17, 15) is 14.4 Å². The highest BCUT2D eigenvalue weighted by molar-refractivity contribution is 7.22. The van der Waals surface area contributed by atoms with E-state index in [2.05, 4.69) is 24.1 Å². The summed E-state index contributed by atoms with van der Waals surface area (Å²) in [6, 6.07) is 7.55. The molecular formula is C26H35N3O4S. The zero-order chi connectivity index (χ0) is 25.0. The fraction of sp³-hybridized carbons (Fsp3) is 0.500. The van der Waals surface area contributed by atoms with E-state index >= 15 is 0 Å². The second-order valence-electron chi connectivity index (χ2n) is 9.41. The van der Waals surface area contributed by atoms with E-state index in [1.54, 1.807) is 11.7 Å². The molecule has 1 N–H and O–H groups in total. The summed E-state index contributed by atoms with van der Waals surface area (Å²) in [4.78, 5) is 42.5. The third-order valence-electron chi connectivity index (χ3n) is 6.15. The number of Topliss-reactive ketones (excluding diaryl/α,β-unsaturated/α-hetero) is 1. The Morgan fingerprint density at radius 3 is 2.44 bits per heavy atom. The van der Waals surface area contributed by atoms with Gasteiger partial charge >= 0.3 is 0 Å². The molecule has 0 aliphatic rings. The fourth-order valence-electron chi connectivity index (χ4n) is 3.98. The van der Waals surface area contributed by atoms with Gasteiger partial charge in [-0.3, -0.25) is 14.4 Å². The number of carbonyl (C=O) groups is 2. The molecule has 1 amide bonds. The minimum Gasteiger partial charge on any atom is -0.380 e. The molecule has 0 fully saturated rings. The largest absolute Gasteiger partial charge is 0.380 e. The summed E-state index contributed by atoms with van der Waals surface area (Å²) >= 11 is 1.32. The second kappa shape index (κ2) is 10.8. The second-order valence-corrected chi connectivity index (χ2v) is 10.4. The number of nitrogens with one attached hydrogen (secondary N) is 1. The Kier molecular flexibility index (Phi) is 8.28. The molecule has 0 radical (unpaired) electrons. The summed E-state index contributed by atoms with van der Waals surface area (Å²) in [5.41, 5.74) is 0.429. The van der Waals surface area contributed by atoms with E-state index in [-0.39, 0.29) is 30.4 Å². The number of para-hydroxylation sites is 1. The summed E-state index contributed by atoms with van der Waals surface area (Å²) < 4.78 is 7.70. The smallest absolute Gasteiger partial charge is 0.261 e. The highest BCUT2D eigenvalue weighted by Gasteiger charge is 2.27. The molecule has 0 saturated heterocycles. The van der Waals surface area contributed by atoms with Crippen molar-refractivity contribution in [3.05, 3.63) is 45.1 Å². The normalized spacial score (nSPS) is 12.1. The number of likely N-dealkylation sites (N-methyl/N-ethyl adjacent to an activating group) is 1. The average Bonchev–Trinajstić information content (AvgIpc) is 3.18. The van der Waals surface area contributed by atoms with Crippen molar-refractivity contribution in [2.24, 2.45) is 5.41 Å². The molecule has 0 atom stereocenters. The minimum absolute atomic E-state index is 0.0214. The van der Waals surface area contributed by atoms with Gasteiger partial charge in [0.05, 0.1) is 33.6 Å². The molecule has 2 aromatic heterocycles. The van der Waals surface area contributed by atoms with Crippen molar-refractivity contribution in [2.45, 2.75) is 47.8 Å². The zero-order valence-electron chi connectivity index (χ0n) is 21.0. The minimum atomic E-state index is -0.574. The van der Waals surface area contributed by atoms with Gasteiger partial charge in [0.25, 0.3) is 11.5 Å². The van der Waals surface area contributed by atoms with E-state index in [0.29, 0.717) is 27.9 Å². The third kappa shape index (κ3) is 5.24. The summed E-state index contributed by atoms with van der Waals surface area (Å²) in [6.45, 7) is 13.0. The van der Waals surface area contributed by atoms with Crippen LogP contribution in [0.15, 0.2) is 29.1 Å². The van der Waals surface area contributed by atoms with Crippen molar-refractivity contribution < 1.29 is 14.3 Å². The Labute approximate surface area is 204 Å². The quantitative estimate of drug-likeness (QED) is 0.469. The van der Waals surface area contributed by atoms with E-state index in [1.807, 2.05) is 45.0 Å². The van der Waals surface area contributed by atoms with Crippen molar-refractivity contribution in [2.75, 3.05) is 33.3 Å². The number of ketones is 1. The summed E-state index contributed by atoms with van der Waals surface area (Å²) in [7, 11) is 1.55. The standard InChI is InChI=1S/C26H35N3O4S/c1-7-28(8-2)14-13-27-24(31)23-18(16-33-6)21-22(34-23)17-11-9-10-12-19(17)29(25(21)32)15-20(30)26(3,4)5/h9-12H,7-8,13-16H2,1-6H3,(H,27,31). The van der Waals surface area contributed by atoms with Crippen LogP contribution in [0.25, 0.3) is 21.0 Å². The topological polar surface area (TPSA) is 80.6 Å². The van der Waals surface area contributed by atoms with Crippen molar-refractivity contribution >= 4 is 44.0 Å². The lowest BCUT2D eigenvalue weighted by atomic mass is 9.90. The highest BCUT2D eigenvalue weighted by atomic mass is 32.1. The van der Waals surface area contributed by atoms with Gasteiger partial charge in [0.1, 0.15) is 0 Å². The van der Waals surface area contributed by atoms with E-state index in [0.717, 1.165) is 29.7 Å². The number of ether oxygens (including phenoxy) is 1. The number of rotatable bonds is 10. The Hall–Kier alpha value is -2.55. The molecule has 7 nitrogen and oxygen atoms in total. The number of hydrogen-bond acceptors (Lipinski definition) is 6. The first-order valence-corrected chi connectivity index (χ1v) is 12.5. The molecule has 2 heterocycles. The molecule has 0 aliphatic carbocycles. The van der Waals surface area contributed by atoms with Gasteiger partial charge in [-0.15, -0.1) is 11.3 Å². The maximum Gasteiger partial charge on any atom is 0.261 e. The lowest BCUT2D eigenvalue weighted by Crippen LogP contribution is -2.34. The Balaban J connectivity index is 2.15. The number of methoxy groups -OCH3 is 1. The molecule has 34 heavy (non-hydrogen) atoms. The van der Waals surface area contributed by atoms with Crippen LogP contribution >= 0.6 is 11.3 Å². The van der Waals surface area contributed by atoms with Gasteiger partial charge in [-0.2, -0.15) is 0 Å². The maximum absolute atomic E-state index is 13.7. The number of thiophene rings is 1. The van der Waals surface area contributed by atoms with Gasteiger partial charge in [0.15, 0.2) is 5.78 Å². The van der Waals surface area contributed by atoms with Crippen molar-refractivity contribution in [1.29, 1.82) is 0 Å². The molecule has 0 aliphatic heterocycles. The Bertz CT molecular complexity index is 1250. The lowest BCUT2D eigenvalue weighted by molar-refractivity contribution is -0.126. The highest BCUT2D eigenvalue weighted by Crippen LogP contribution is 2.35. The van der Waals surface area contributed by atoms with Crippen LogP contribution < -0.4 is 10.9 Å². The van der Waals surface area contributed by atoms with Gasteiger partial charge in [0, 0.05) is 36.6 Å². The molecule has 8 heteroatoms. The number of nitrogens with zero attached hydrogens (tertiary/aromatic N) is 2. The molecule has 184 valence electrons. The van der Waals surface area contributed by atoms with Gasteiger partial charge in [-0.25, -0.2) is 0 Å². The van der Waals surface area contributed by atoms with Gasteiger partial charge in [-0.05, 0) is 19.2 Å². The maximum atomic E-state index is 13.7. The average molecular weight is 486 g/mol. The number of amides is 1. The van der Waals surface area contributed by atoms with Crippen LogP contribution in [0.4, 0.5) is 0 Å². The molecule has 3 aromatic rings. The van der Waals surface area contributed by atoms with Crippen LogP contribution in [-0.2, 0) is 22.7 Å². The Morgan fingerprint density at radius 2 is 1.82 bits per heavy atom. The SMILES string of the molecule is CCN(CC)CCNC(=O)c1sc2c(c1COC)c(=O)n(CC(=O)C(C)(C)C)c1ccccc21. The van der Waals surface area contributed by atoms with Crippen LogP contribution in [0.5, 0.6) is 0 Å². The van der Waals surface area contributed by atoms with Crippen LogP contribution in [0.2, 0.25) is 0 Å². The molecule has 0 unspecified atom stereocenters. The van der Waals surface area contributed by atoms with Gasteiger partial charge in [-0.1, -0.05) is 52.8 Å².